The summed E-state index contributed by atoms with van der Waals surface area (Å²) in [4.78, 5) is 11.3. The highest BCUT2D eigenvalue weighted by Crippen LogP contribution is 2.29. The van der Waals surface area contributed by atoms with Crippen LogP contribution in [0, 0.1) is 0 Å². The molecule has 0 aliphatic heterocycles. The predicted octanol–water partition coefficient (Wildman–Crippen LogP) is 3.17. The fraction of sp³-hybridized carbons (Fsp3) is 0.462. The lowest BCUT2D eigenvalue weighted by Crippen LogP contribution is -2.16. The summed E-state index contributed by atoms with van der Waals surface area (Å²) in [6, 6.07) is 5.79. The van der Waals surface area contributed by atoms with Crippen molar-refractivity contribution in [1.82, 2.24) is 0 Å². The van der Waals surface area contributed by atoms with E-state index in [1.165, 1.54) is 7.11 Å². The monoisotopic (exact) mass is 300 g/mol. The van der Waals surface area contributed by atoms with E-state index in [0.29, 0.717) is 5.92 Å². The van der Waals surface area contributed by atoms with Crippen molar-refractivity contribution in [2.75, 3.05) is 20.3 Å². The number of rotatable bonds is 6. The number of carbonyl (C=O) groups excluding carboxylic acids is 1. The van der Waals surface area contributed by atoms with E-state index in [1.807, 2.05) is 18.2 Å². The van der Waals surface area contributed by atoms with Crippen molar-refractivity contribution in [3.05, 3.63) is 28.2 Å². The summed E-state index contributed by atoms with van der Waals surface area (Å²) >= 11 is 3.43. The number of methoxy groups -OCH3 is 1. The highest BCUT2D eigenvalue weighted by molar-refractivity contribution is 9.10. The highest BCUT2D eigenvalue weighted by atomic mass is 79.9. The van der Waals surface area contributed by atoms with Crippen molar-refractivity contribution in [2.45, 2.75) is 19.8 Å². The molecular formula is C13H17BrO3. The maximum atomic E-state index is 11.3. The number of carbonyl (C=O) groups is 1. The largest absolute Gasteiger partial charge is 0.485 e. The highest BCUT2D eigenvalue weighted by Gasteiger charge is 2.10. The Hall–Kier alpha value is -0.870. The first-order valence-corrected chi connectivity index (χ1v) is 6.26. The zero-order valence-electron chi connectivity index (χ0n) is 10.3. The molecule has 1 aromatic rings. The van der Waals surface area contributed by atoms with E-state index < -0.39 is 0 Å². The van der Waals surface area contributed by atoms with Crippen LogP contribution in [0.1, 0.15) is 25.3 Å². The Bertz CT molecular complexity index is 388. The summed E-state index contributed by atoms with van der Waals surface area (Å²) < 4.78 is 11.3. The standard InChI is InChI=1S/C13H17BrO3/c1-9(2)12-6-10(14)4-5-13(12)17-8-11(15)7-16-3/h4-6,9H,7-8H2,1-3H3. The summed E-state index contributed by atoms with van der Waals surface area (Å²) in [6.07, 6.45) is 0. The van der Waals surface area contributed by atoms with Crippen LogP contribution in [-0.2, 0) is 9.53 Å². The normalized spacial score (nSPS) is 10.6. The lowest BCUT2D eigenvalue weighted by Gasteiger charge is -2.14. The lowest BCUT2D eigenvalue weighted by molar-refractivity contribution is -0.124. The third kappa shape index (κ3) is 4.48. The van der Waals surface area contributed by atoms with Crippen molar-refractivity contribution < 1.29 is 14.3 Å². The van der Waals surface area contributed by atoms with Gasteiger partial charge < -0.3 is 9.47 Å². The van der Waals surface area contributed by atoms with E-state index in [4.69, 9.17) is 9.47 Å². The van der Waals surface area contributed by atoms with Crippen LogP contribution in [0.25, 0.3) is 0 Å². The van der Waals surface area contributed by atoms with Crippen molar-refractivity contribution in [3.8, 4) is 5.75 Å². The third-order valence-corrected chi connectivity index (χ3v) is 2.78. The molecule has 17 heavy (non-hydrogen) atoms. The molecule has 0 fully saturated rings. The van der Waals surface area contributed by atoms with Crippen LogP contribution in [0.15, 0.2) is 22.7 Å². The number of hydrogen-bond acceptors (Lipinski definition) is 3. The first kappa shape index (κ1) is 14.2. The molecule has 1 aromatic carbocycles. The number of halogens is 1. The van der Waals surface area contributed by atoms with Crippen LogP contribution in [0.4, 0.5) is 0 Å². The molecule has 0 amide bonds. The zero-order chi connectivity index (χ0) is 12.8. The molecule has 0 radical (unpaired) electrons. The smallest absolute Gasteiger partial charge is 0.195 e. The van der Waals surface area contributed by atoms with E-state index in [9.17, 15) is 4.79 Å². The molecule has 94 valence electrons. The van der Waals surface area contributed by atoms with Gasteiger partial charge in [0.25, 0.3) is 0 Å². The molecule has 0 aliphatic carbocycles. The van der Waals surface area contributed by atoms with Crippen molar-refractivity contribution >= 4 is 21.7 Å². The molecule has 0 N–H and O–H groups in total. The summed E-state index contributed by atoms with van der Waals surface area (Å²) in [5.41, 5.74) is 1.09. The second kappa shape index (κ2) is 6.77. The van der Waals surface area contributed by atoms with Crippen LogP contribution in [0.2, 0.25) is 0 Å². The van der Waals surface area contributed by atoms with Crippen LogP contribution >= 0.6 is 15.9 Å². The molecule has 0 spiro atoms. The Labute approximate surface area is 110 Å². The average molecular weight is 301 g/mol. The summed E-state index contributed by atoms with van der Waals surface area (Å²) in [5, 5.41) is 0. The van der Waals surface area contributed by atoms with Crippen LogP contribution < -0.4 is 4.74 Å². The number of ether oxygens (including phenoxy) is 2. The Morgan fingerprint density at radius 3 is 2.65 bits per heavy atom. The Morgan fingerprint density at radius 2 is 2.06 bits per heavy atom. The molecule has 0 saturated carbocycles. The molecule has 1 rings (SSSR count). The summed E-state index contributed by atoms with van der Waals surface area (Å²) in [5.74, 6) is 1.04. The van der Waals surface area contributed by atoms with Crippen molar-refractivity contribution in [1.29, 1.82) is 0 Å². The summed E-state index contributed by atoms with van der Waals surface area (Å²) in [6.45, 7) is 4.32. The average Bonchev–Trinajstić information content (AvgIpc) is 2.27. The lowest BCUT2D eigenvalue weighted by atomic mass is 10.0. The van der Waals surface area contributed by atoms with Crippen molar-refractivity contribution in [2.24, 2.45) is 0 Å². The van der Waals surface area contributed by atoms with Crippen molar-refractivity contribution in [3.63, 3.8) is 0 Å². The zero-order valence-corrected chi connectivity index (χ0v) is 11.9. The van der Waals surface area contributed by atoms with Gasteiger partial charge in [-0.25, -0.2) is 0 Å². The Kier molecular flexibility index (Phi) is 5.65. The fourth-order valence-corrected chi connectivity index (χ4v) is 1.84. The Morgan fingerprint density at radius 1 is 1.35 bits per heavy atom. The van der Waals surface area contributed by atoms with Crippen LogP contribution in [0.5, 0.6) is 5.75 Å². The van der Waals surface area contributed by atoms with Gasteiger partial charge >= 0.3 is 0 Å². The molecule has 0 aliphatic rings. The third-order valence-electron chi connectivity index (χ3n) is 2.29. The first-order valence-electron chi connectivity index (χ1n) is 5.47. The van der Waals surface area contributed by atoms with E-state index in [1.54, 1.807) is 0 Å². The molecule has 4 heteroatoms. The molecule has 0 bridgehead atoms. The quantitative estimate of drug-likeness (QED) is 0.809. The maximum Gasteiger partial charge on any atom is 0.195 e. The van der Waals surface area contributed by atoms with Gasteiger partial charge in [-0.15, -0.1) is 0 Å². The maximum absolute atomic E-state index is 11.3. The van der Waals surface area contributed by atoms with E-state index in [0.717, 1.165) is 15.8 Å². The minimum absolute atomic E-state index is 0.0508. The second-order valence-corrected chi connectivity index (χ2v) is 5.01. The van der Waals surface area contributed by atoms with E-state index >= 15 is 0 Å². The number of Topliss-reactive ketones (excluding diaryl/α,β-unsaturated/α-hetero) is 1. The molecule has 0 saturated heterocycles. The minimum atomic E-state index is -0.0647. The SMILES string of the molecule is COCC(=O)COc1ccc(Br)cc1C(C)C. The van der Waals surface area contributed by atoms with Gasteiger partial charge in [0.2, 0.25) is 0 Å². The molecule has 0 heterocycles. The Balaban J connectivity index is 2.73. The molecule has 0 unspecified atom stereocenters. The second-order valence-electron chi connectivity index (χ2n) is 4.10. The van der Waals surface area contributed by atoms with Gasteiger partial charge in [-0.05, 0) is 29.7 Å². The van der Waals surface area contributed by atoms with Gasteiger partial charge in [-0.3, -0.25) is 4.79 Å². The van der Waals surface area contributed by atoms with E-state index in [-0.39, 0.29) is 19.0 Å². The van der Waals surface area contributed by atoms with Gasteiger partial charge in [0, 0.05) is 11.6 Å². The first-order chi connectivity index (χ1) is 8.04. The van der Waals surface area contributed by atoms with Gasteiger partial charge in [0.15, 0.2) is 5.78 Å². The van der Waals surface area contributed by atoms with Gasteiger partial charge in [-0.1, -0.05) is 29.8 Å². The van der Waals surface area contributed by atoms with Gasteiger partial charge in [0.1, 0.15) is 19.0 Å². The number of hydrogen-bond donors (Lipinski definition) is 0. The molecular weight excluding hydrogens is 284 g/mol. The number of ketones is 1. The topological polar surface area (TPSA) is 35.5 Å². The van der Waals surface area contributed by atoms with Crippen LogP contribution in [-0.4, -0.2) is 26.1 Å². The van der Waals surface area contributed by atoms with Crippen LogP contribution in [0.3, 0.4) is 0 Å². The molecule has 0 atom stereocenters. The summed E-state index contributed by atoms with van der Waals surface area (Å²) in [7, 11) is 1.50. The number of benzene rings is 1. The molecule has 3 nitrogen and oxygen atoms in total. The minimum Gasteiger partial charge on any atom is -0.485 e. The van der Waals surface area contributed by atoms with Gasteiger partial charge in [0.05, 0.1) is 0 Å². The molecule has 0 aromatic heterocycles. The fourth-order valence-electron chi connectivity index (χ4n) is 1.46. The van der Waals surface area contributed by atoms with Gasteiger partial charge in [-0.2, -0.15) is 0 Å². The van der Waals surface area contributed by atoms with E-state index in [2.05, 4.69) is 29.8 Å². The predicted molar refractivity (Wildman–Crippen MR) is 70.6 cm³/mol.